The molecule has 1 N–H and O–H groups in total. The molecule has 0 spiro atoms. The minimum atomic E-state index is -3.69. The van der Waals surface area contributed by atoms with Crippen LogP contribution >= 0.6 is 0 Å². The predicted molar refractivity (Wildman–Crippen MR) is 82.0 cm³/mol. The van der Waals surface area contributed by atoms with Crippen LogP contribution in [0, 0.1) is 6.92 Å². The van der Waals surface area contributed by atoms with Crippen molar-refractivity contribution in [3.8, 4) is 0 Å². The molecule has 0 radical (unpaired) electrons. The van der Waals surface area contributed by atoms with Crippen molar-refractivity contribution < 1.29 is 13.2 Å². The summed E-state index contributed by atoms with van der Waals surface area (Å²) < 4.78 is 26.0. The monoisotopic (exact) mass is 308 g/mol. The first-order valence-electron chi connectivity index (χ1n) is 6.93. The van der Waals surface area contributed by atoms with Gasteiger partial charge < -0.3 is 4.90 Å². The van der Waals surface area contributed by atoms with Gasteiger partial charge in [-0.15, -0.1) is 0 Å². The molecule has 1 unspecified atom stereocenters. The highest BCUT2D eigenvalue weighted by molar-refractivity contribution is 7.92. The van der Waals surface area contributed by atoms with Gasteiger partial charge in [0.15, 0.2) is 0 Å². The zero-order chi connectivity index (χ0) is 15.5. The Morgan fingerprint density at radius 3 is 2.38 bits per heavy atom. The number of benzene rings is 1. The highest BCUT2D eigenvalue weighted by Crippen LogP contribution is 2.21. The van der Waals surface area contributed by atoms with E-state index in [1.165, 1.54) is 0 Å². The average molecular weight is 308 g/mol. The number of rotatable bonds is 5. The molecule has 114 valence electrons. The van der Waals surface area contributed by atoms with E-state index in [-0.39, 0.29) is 5.91 Å². The SMILES string of the molecule is C=CS(=O)(=O)NC(C(=O)N1CCCC1)c1ccc(C)cc1. The van der Waals surface area contributed by atoms with Crippen LogP contribution in [0.15, 0.2) is 36.3 Å². The summed E-state index contributed by atoms with van der Waals surface area (Å²) in [5, 5.41) is 0.825. The van der Waals surface area contributed by atoms with Gasteiger partial charge in [0.25, 0.3) is 0 Å². The van der Waals surface area contributed by atoms with Crippen molar-refractivity contribution in [3.05, 3.63) is 47.4 Å². The molecule has 1 amide bonds. The average Bonchev–Trinajstić information content (AvgIpc) is 2.99. The Morgan fingerprint density at radius 1 is 1.29 bits per heavy atom. The van der Waals surface area contributed by atoms with E-state index in [1.54, 1.807) is 17.0 Å². The van der Waals surface area contributed by atoms with E-state index >= 15 is 0 Å². The Morgan fingerprint density at radius 2 is 1.86 bits per heavy atom. The van der Waals surface area contributed by atoms with Crippen LogP contribution in [0.4, 0.5) is 0 Å². The lowest BCUT2D eigenvalue weighted by atomic mass is 10.0. The van der Waals surface area contributed by atoms with Gasteiger partial charge >= 0.3 is 0 Å². The topological polar surface area (TPSA) is 66.5 Å². The normalized spacial score (nSPS) is 16.7. The number of nitrogens with one attached hydrogen (secondary N) is 1. The highest BCUT2D eigenvalue weighted by atomic mass is 32.2. The van der Waals surface area contributed by atoms with Crippen molar-refractivity contribution in [2.45, 2.75) is 25.8 Å². The lowest BCUT2D eigenvalue weighted by Crippen LogP contribution is -2.41. The standard InChI is InChI=1S/C15H20N2O3S/c1-3-21(19,20)16-14(13-8-6-12(2)7-9-13)15(18)17-10-4-5-11-17/h3,6-9,14,16H,1,4-5,10-11H2,2H3. The molecule has 1 aliphatic heterocycles. The molecule has 5 nitrogen and oxygen atoms in total. The van der Waals surface area contributed by atoms with Crippen LogP contribution in [-0.2, 0) is 14.8 Å². The molecule has 2 rings (SSSR count). The second-order valence-electron chi connectivity index (χ2n) is 5.21. The number of likely N-dealkylation sites (tertiary alicyclic amines) is 1. The quantitative estimate of drug-likeness (QED) is 0.900. The van der Waals surface area contributed by atoms with Gasteiger partial charge in [0.05, 0.1) is 0 Å². The fourth-order valence-corrected chi connectivity index (χ4v) is 3.01. The Labute approximate surface area is 125 Å². The highest BCUT2D eigenvalue weighted by Gasteiger charge is 2.30. The Kier molecular flexibility index (Phi) is 4.80. The zero-order valence-corrected chi connectivity index (χ0v) is 12.9. The van der Waals surface area contributed by atoms with Crippen LogP contribution < -0.4 is 4.72 Å². The number of amides is 1. The lowest BCUT2D eigenvalue weighted by Gasteiger charge is -2.23. The molecule has 0 aromatic heterocycles. The van der Waals surface area contributed by atoms with E-state index < -0.39 is 16.1 Å². The van der Waals surface area contributed by atoms with Crippen molar-refractivity contribution in [2.24, 2.45) is 0 Å². The summed E-state index contributed by atoms with van der Waals surface area (Å²) in [5.41, 5.74) is 1.70. The third kappa shape index (κ3) is 3.92. The van der Waals surface area contributed by atoms with Gasteiger partial charge in [-0.2, -0.15) is 4.72 Å². The number of carbonyl (C=O) groups is 1. The largest absolute Gasteiger partial charge is 0.341 e. The minimum absolute atomic E-state index is 0.207. The molecule has 0 aliphatic carbocycles. The third-order valence-corrected chi connectivity index (χ3v) is 4.58. The molecule has 1 fully saturated rings. The van der Waals surface area contributed by atoms with Crippen LogP contribution in [0.2, 0.25) is 0 Å². The minimum Gasteiger partial charge on any atom is -0.341 e. The third-order valence-electron chi connectivity index (χ3n) is 3.58. The van der Waals surface area contributed by atoms with Gasteiger partial charge in [-0.25, -0.2) is 8.42 Å². The maximum absolute atomic E-state index is 12.6. The van der Waals surface area contributed by atoms with Crippen LogP contribution in [0.3, 0.4) is 0 Å². The molecular formula is C15H20N2O3S. The number of aryl methyl sites for hydroxylation is 1. The van der Waals surface area contributed by atoms with Crippen LogP contribution in [-0.4, -0.2) is 32.3 Å². The molecule has 1 atom stereocenters. The molecular weight excluding hydrogens is 288 g/mol. The van der Waals surface area contributed by atoms with Crippen molar-refractivity contribution in [1.29, 1.82) is 0 Å². The summed E-state index contributed by atoms with van der Waals surface area (Å²) in [6.07, 6.45) is 1.92. The maximum Gasteiger partial charge on any atom is 0.245 e. The predicted octanol–water partition coefficient (Wildman–Crippen LogP) is 1.72. The van der Waals surface area contributed by atoms with Crippen LogP contribution in [0.5, 0.6) is 0 Å². The van der Waals surface area contributed by atoms with Crippen molar-refractivity contribution in [2.75, 3.05) is 13.1 Å². The number of nitrogens with zero attached hydrogens (tertiary/aromatic N) is 1. The van der Waals surface area contributed by atoms with Gasteiger partial charge in [0, 0.05) is 18.5 Å². The summed E-state index contributed by atoms with van der Waals surface area (Å²) in [6.45, 7) is 6.57. The van der Waals surface area contributed by atoms with Crippen molar-refractivity contribution in [3.63, 3.8) is 0 Å². The summed E-state index contributed by atoms with van der Waals surface area (Å²) in [4.78, 5) is 14.3. The molecule has 1 saturated heterocycles. The van der Waals surface area contributed by atoms with Crippen molar-refractivity contribution in [1.82, 2.24) is 9.62 Å². The number of sulfonamides is 1. The summed E-state index contributed by atoms with van der Waals surface area (Å²) in [5.74, 6) is -0.207. The molecule has 1 heterocycles. The van der Waals surface area contributed by atoms with Crippen LogP contribution in [0.1, 0.15) is 30.0 Å². The molecule has 1 aromatic carbocycles. The Bertz CT molecular complexity index is 617. The fraction of sp³-hybridized carbons (Fsp3) is 0.400. The second kappa shape index (κ2) is 6.41. The van der Waals surface area contributed by atoms with E-state index in [9.17, 15) is 13.2 Å². The fourth-order valence-electron chi connectivity index (χ4n) is 2.35. The van der Waals surface area contributed by atoms with Gasteiger partial charge in [0.1, 0.15) is 6.04 Å². The van der Waals surface area contributed by atoms with Gasteiger partial charge in [-0.1, -0.05) is 36.4 Å². The molecule has 0 bridgehead atoms. The van der Waals surface area contributed by atoms with Gasteiger partial charge in [-0.05, 0) is 25.3 Å². The molecule has 1 aromatic rings. The van der Waals surface area contributed by atoms with E-state index in [4.69, 9.17) is 0 Å². The van der Waals surface area contributed by atoms with E-state index in [0.29, 0.717) is 18.7 Å². The van der Waals surface area contributed by atoms with E-state index in [2.05, 4.69) is 11.3 Å². The van der Waals surface area contributed by atoms with Crippen molar-refractivity contribution >= 4 is 15.9 Å². The lowest BCUT2D eigenvalue weighted by molar-refractivity contribution is -0.132. The second-order valence-corrected chi connectivity index (χ2v) is 6.86. The summed E-state index contributed by atoms with van der Waals surface area (Å²) >= 11 is 0. The summed E-state index contributed by atoms with van der Waals surface area (Å²) in [6, 6.07) is 6.38. The number of hydrogen-bond acceptors (Lipinski definition) is 3. The Balaban J connectivity index is 2.31. The van der Waals surface area contributed by atoms with Gasteiger partial charge in [-0.3, -0.25) is 4.79 Å². The molecule has 21 heavy (non-hydrogen) atoms. The first kappa shape index (κ1) is 15.7. The van der Waals surface area contributed by atoms with Crippen LogP contribution in [0.25, 0.3) is 0 Å². The maximum atomic E-state index is 12.6. The van der Waals surface area contributed by atoms with E-state index in [1.807, 2.05) is 19.1 Å². The zero-order valence-electron chi connectivity index (χ0n) is 12.1. The van der Waals surface area contributed by atoms with Gasteiger partial charge in [0.2, 0.25) is 15.9 Å². The number of hydrogen-bond donors (Lipinski definition) is 1. The van der Waals surface area contributed by atoms with E-state index in [0.717, 1.165) is 23.8 Å². The molecule has 1 aliphatic rings. The smallest absolute Gasteiger partial charge is 0.245 e. The Hall–Kier alpha value is -1.66. The molecule has 6 heteroatoms. The number of carbonyl (C=O) groups excluding carboxylic acids is 1. The first-order valence-corrected chi connectivity index (χ1v) is 8.48. The first-order chi connectivity index (χ1) is 9.93. The summed E-state index contributed by atoms with van der Waals surface area (Å²) in [7, 11) is -3.69. The molecule has 0 saturated carbocycles.